The largest absolute Gasteiger partial charge is 0.516 e. The number of halogens is 2. The molecular formula is C32H40F2O8. The maximum atomic E-state index is 14.6. The van der Waals surface area contributed by atoms with E-state index in [1.165, 1.54) is 56.0 Å². The second-order valence-electron chi connectivity index (χ2n) is 10.7. The quantitative estimate of drug-likeness (QED) is 0.0940. The number of rotatable bonds is 14. The van der Waals surface area contributed by atoms with Crippen LogP contribution in [0.4, 0.5) is 13.6 Å². The highest BCUT2D eigenvalue weighted by molar-refractivity contribution is 5.91. The highest BCUT2D eigenvalue weighted by Crippen LogP contribution is 2.38. The first-order valence-electron chi connectivity index (χ1n) is 15.0. The van der Waals surface area contributed by atoms with E-state index in [0.29, 0.717) is 0 Å². The van der Waals surface area contributed by atoms with Gasteiger partial charge in [-0.3, -0.25) is 0 Å². The molecule has 10 heteroatoms. The summed E-state index contributed by atoms with van der Waals surface area (Å²) in [5.41, 5.74) is -0.564. The van der Waals surface area contributed by atoms with E-state index in [0.717, 1.165) is 63.9 Å². The Morgan fingerprint density at radius 2 is 1.48 bits per heavy atom. The molecule has 0 amide bonds. The second-order valence-corrected chi connectivity index (χ2v) is 10.7. The molecule has 1 spiro atoms. The minimum absolute atomic E-state index is 0.0438. The van der Waals surface area contributed by atoms with Crippen LogP contribution in [0.5, 0.6) is 17.2 Å². The fourth-order valence-electron chi connectivity index (χ4n) is 5.12. The maximum Gasteiger partial charge on any atom is 0.516 e. The van der Waals surface area contributed by atoms with E-state index in [-0.39, 0.29) is 30.5 Å². The summed E-state index contributed by atoms with van der Waals surface area (Å²) in [6.07, 6.45) is 11.7. The van der Waals surface area contributed by atoms with Crippen LogP contribution in [0.15, 0.2) is 36.4 Å². The normalized spacial score (nSPS) is 17.6. The number of esters is 1. The molecule has 0 radical (unpaired) electrons. The van der Waals surface area contributed by atoms with E-state index >= 15 is 0 Å². The molecule has 4 rings (SSSR count). The minimum atomic E-state index is -1.34. The van der Waals surface area contributed by atoms with E-state index < -0.39 is 41.4 Å². The summed E-state index contributed by atoms with van der Waals surface area (Å²) in [6, 6.07) is 7.79. The van der Waals surface area contributed by atoms with Crippen LogP contribution in [0.3, 0.4) is 0 Å². The lowest BCUT2D eigenvalue weighted by molar-refractivity contribution is -0.214. The van der Waals surface area contributed by atoms with Crippen molar-refractivity contribution >= 4 is 12.1 Å². The van der Waals surface area contributed by atoms with Gasteiger partial charge in [0.15, 0.2) is 17.4 Å². The summed E-state index contributed by atoms with van der Waals surface area (Å²) >= 11 is 0. The van der Waals surface area contributed by atoms with Crippen molar-refractivity contribution in [3.8, 4) is 17.2 Å². The van der Waals surface area contributed by atoms with Gasteiger partial charge in [-0.1, -0.05) is 58.3 Å². The van der Waals surface area contributed by atoms with Gasteiger partial charge in [0.25, 0.3) is 0 Å². The number of hydrogen-bond acceptors (Lipinski definition) is 8. The molecule has 1 heterocycles. The van der Waals surface area contributed by atoms with Crippen molar-refractivity contribution < 1.29 is 46.8 Å². The summed E-state index contributed by atoms with van der Waals surface area (Å²) in [5.74, 6) is -4.42. The predicted octanol–water partition coefficient (Wildman–Crippen LogP) is 8.25. The average molecular weight is 591 g/mol. The first kappa shape index (κ1) is 31.7. The van der Waals surface area contributed by atoms with Gasteiger partial charge < -0.3 is 28.4 Å². The monoisotopic (exact) mass is 590 g/mol. The topological polar surface area (TPSA) is 89.5 Å². The van der Waals surface area contributed by atoms with Crippen molar-refractivity contribution in [3.05, 3.63) is 53.6 Å². The number of benzene rings is 2. The maximum absolute atomic E-state index is 14.6. The Balaban J connectivity index is 1.19. The summed E-state index contributed by atoms with van der Waals surface area (Å²) < 4.78 is 61.7. The van der Waals surface area contributed by atoms with Gasteiger partial charge in [0.1, 0.15) is 18.1 Å². The first-order valence-corrected chi connectivity index (χ1v) is 15.0. The number of ether oxygens (including phenoxy) is 6. The Morgan fingerprint density at radius 1 is 0.833 bits per heavy atom. The predicted molar refractivity (Wildman–Crippen MR) is 150 cm³/mol. The smallest absolute Gasteiger partial charge is 0.490 e. The van der Waals surface area contributed by atoms with E-state index in [1.807, 2.05) is 0 Å². The van der Waals surface area contributed by atoms with Gasteiger partial charge in [0.05, 0.1) is 12.2 Å². The van der Waals surface area contributed by atoms with Crippen molar-refractivity contribution in [1.29, 1.82) is 0 Å². The molecule has 1 saturated carbocycles. The SMILES string of the molecule is CCCCCCCCCCOc1ccc(C(=O)Oc2ccc(OC(=O)O[C@@H]3COC4(CCCCC4)O3)cc2)c(F)c1F. The number of carbonyl (C=O) groups is 2. The number of carbonyl (C=O) groups excluding carboxylic acids is 2. The Kier molecular flexibility index (Phi) is 12.0. The second kappa shape index (κ2) is 15.8. The highest BCUT2D eigenvalue weighted by atomic mass is 19.2. The molecule has 230 valence electrons. The van der Waals surface area contributed by atoms with Gasteiger partial charge in [0, 0.05) is 12.8 Å². The fraction of sp³-hybridized carbons (Fsp3) is 0.562. The van der Waals surface area contributed by atoms with Gasteiger partial charge in [-0.2, -0.15) is 4.39 Å². The Hall–Kier alpha value is -3.24. The van der Waals surface area contributed by atoms with E-state index in [2.05, 4.69) is 6.92 Å². The fourth-order valence-corrected chi connectivity index (χ4v) is 5.12. The number of hydrogen-bond donors (Lipinski definition) is 0. The lowest BCUT2D eigenvalue weighted by Crippen LogP contribution is -2.34. The molecule has 0 unspecified atom stereocenters. The molecule has 42 heavy (non-hydrogen) atoms. The van der Waals surface area contributed by atoms with Gasteiger partial charge >= 0.3 is 12.1 Å². The zero-order valence-corrected chi connectivity index (χ0v) is 24.2. The first-order chi connectivity index (χ1) is 20.4. The van der Waals surface area contributed by atoms with Crippen LogP contribution >= 0.6 is 0 Å². The van der Waals surface area contributed by atoms with Crippen LogP contribution < -0.4 is 14.2 Å². The molecule has 1 atom stereocenters. The van der Waals surface area contributed by atoms with Gasteiger partial charge in [0.2, 0.25) is 12.1 Å². The van der Waals surface area contributed by atoms with Crippen molar-refractivity contribution in [3.63, 3.8) is 0 Å². The number of unbranched alkanes of at least 4 members (excludes halogenated alkanes) is 7. The van der Waals surface area contributed by atoms with Crippen LogP contribution in [0, 0.1) is 11.6 Å². The van der Waals surface area contributed by atoms with Gasteiger partial charge in [-0.15, -0.1) is 0 Å². The highest BCUT2D eigenvalue weighted by Gasteiger charge is 2.44. The van der Waals surface area contributed by atoms with E-state index in [4.69, 9.17) is 28.4 Å². The van der Waals surface area contributed by atoms with Crippen LogP contribution in [0.25, 0.3) is 0 Å². The van der Waals surface area contributed by atoms with Crippen LogP contribution in [-0.4, -0.2) is 37.4 Å². The van der Waals surface area contributed by atoms with E-state index in [9.17, 15) is 18.4 Å². The summed E-state index contributed by atoms with van der Waals surface area (Å²) in [5, 5.41) is 0. The van der Waals surface area contributed by atoms with Crippen LogP contribution in [0.2, 0.25) is 0 Å². The Bertz CT molecular complexity index is 1160. The molecule has 8 nitrogen and oxygen atoms in total. The summed E-state index contributed by atoms with van der Waals surface area (Å²) in [7, 11) is 0. The van der Waals surface area contributed by atoms with Crippen molar-refractivity contribution in [2.24, 2.45) is 0 Å². The molecule has 0 bridgehead atoms. The lowest BCUT2D eigenvalue weighted by atomic mass is 9.94. The molecule has 1 saturated heterocycles. The molecule has 0 N–H and O–H groups in total. The summed E-state index contributed by atoms with van der Waals surface area (Å²) in [4.78, 5) is 24.7. The van der Waals surface area contributed by atoms with Crippen molar-refractivity contribution in [1.82, 2.24) is 0 Å². The molecule has 2 fully saturated rings. The average Bonchev–Trinajstić information content (AvgIpc) is 3.36. The molecule has 1 aliphatic carbocycles. The molecule has 0 aromatic heterocycles. The van der Waals surface area contributed by atoms with Crippen LogP contribution in [-0.2, 0) is 14.2 Å². The molecular weight excluding hydrogens is 550 g/mol. The van der Waals surface area contributed by atoms with Gasteiger partial charge in [-0.05, 0) is 55.7 Å². The van der Waals surface area contributed by atoms with Crippen molar-refractivity contribution in [2.75, 3.05) is 13.2 Å². The standard InChI is InChI=1S/C32H40F2O8/c1-2-3-4-5-6-7-8-12-21-37-26-18-17-25(28(33)29(26)34)30(35)39-23-13-15-24(16-14-23)40-31(36)41-27-22-38-32(42-27)19-10-9-11-20-32/h13-18,27H,2-12,19-22H2,1H3/t27-/m0/s1. The molecule has 2 aliphatic rings. The van der Waals surface area contributed by atoms with Crippen molar-refractivity contribution in [2.45, 2.75) is 102 Å². The van der Waals surface area contributed by atoms with Crippen LogP contribution in [0.1, 0.15) is 101 Å². The zero-order chi connectivity index (χ0) is 29.8. The Morgan fingerprint density at radius 3 is 2.17 bits per heavy atom. The summed E-state index contributed by atoms with van der Waals surface area (Å²) in [6.45, 7) is 2.58. The van der Waals surface area contributed by atoms with E-state index in [1.54, 1.807) is 0 Å². The molecule has 1 aliphatic heterocycles. The van der Waals surface area contributed by atoms with Gasteiger partial charge in [-0.25, -0.2) is 14.0 Å². The lowest BCUT2D eigenvalue weighted by Gasteiger charge is -2.31. The third kappa shape index (κ3) is 9.13. The Labute approximate surface area is 245 Å². The minimum Gasteiger partial charge on any atom is -0.490 e. The molecule has 2 aromatic carbocycles. The third-order valence-corrected chi connectivity index (χ3v) is 7.43. The zero-order valence-electron chi connectivity index (χ0n) is 24.2. The molecule has 2 aromatic rings. The third-order valence-electron chi connectivity index (χ3n) is 7.43.